The van der Waals surface area contributed by atoms with Crippen LogP contribution < -0.4 is 11.4 Å². The molecule has 0 aliphatic carbocycles. The third-order valence-corrected chi connectivity index (χ3v) is 3.43. The summed E-state index contributed by atoms with van der Waals surface area (Å²) >= 11 is 0. The highest BCUT2D eigenvalue weighted by atomic mass is 16.5. The van der Waals surface area contributed by atoms with E-state index in [1.165, 1.54) is 16.8 Å². The van der Waals surface area contributed by atoms with E-state index >= 15 is 0 Å². The molecule has 0 unspecified atom stereocenters. The first-order valence-electron chi connectivity index (χ1n) is 6.37. The van der Waals surface area contributed by atoms with Gasteiger partial charge in [-0.1, -0.05) is 13.3 Å². The molecule has 4 N–H and O–H groups in total. The van der Waals surface area contributed by atoms with Crippen LogP contribution in [-0.2, 0) is 4.74 Å². The third kappa shape index (κ3) is 2.63. The molecule has 1 aromatic heterocycles. The Balaban J connectivity index is 2.33. The predicted octanol–water partition coefficient (Wildman–Crippen LogP) is -0.508. The summed E-state index contributed by atoms with van der Waals surface area (Å²) < 4.78 is 6.89. The number of nitrogens with two attached hydrogens (primary N) is 1. The lowest BCUT2D eigenvalue weighted by atomic mass is 9.95. The predicted molar refractivity (Wildman–Crippen MR) is 68.3 cm³/mol. The van der Waals surface area contributed by atoms with E-state index in [2.05, 4.69) is 4.98 Å². The minimum atomic E-state index is -0.792. The SMILES string of the molecule is CCC[C@H]1[C@H](O)[C@@H](CO)O[C@H]1n1ccc(N)nc1=O. The molecule has 106 valence electrons. The van der Waals surface area contributed by atoms with E-state index in [0.29, 0.717) is 6.42 Å². The van der Waals surface area contributed by atoms with Crippen LogP contribution in [0.3, 0.4) is 0 Å². The number of nitrogens with zero attached hydrogens (tertiary/aromatic N) is 2. The molecule has 1 aliphatic heterocycles. The van der Waals surface area contributed by atoms with Gasteiger partial charge < -0.3 is 20.7 Å². The first-order chi connectivity index (χ1) is 9.08. The van der Waals surface area contributed by atoms with Gasteiger partial charge in [-0.2, -0.15) is 4.98 Å². The number of anilines is 1. The fourth-order valence-electron chi connectivity index (χ4n) is 2.49. The molecule has 7 heteroatoms. The molecule has 7 nitrogen and oxygen atoms in total. The highest BCUT2D eigenvalue weighted by Crippen LogP contribution is 2.36. The standard InChI is InChI=1S/C12H19N3O4/c1-2-3-7-10(17)8(6-16)19-11(7)15-5-4-9(13)14-12(15)18/h4-5,7-8,10-11,16-17H,2-3,6H2,1H3,(H2,13,14,18)/t7-,8+,10-,11+/m0/s1. The summed E-state index contributed by atoms with van der Waals surface area (Å²) in [4.78, 5) is 15.5. The second kappa shape index (κ2) is 5.68. The quantitative estimate of drug-likeness (QED) is 0.679. The highest BCUT2D eigenvalue weighted by Gasteiger charge is 2.43. The lowest BCUT2D eigenvalue weighted by molar-refractivity contribution is -0.0482. The zero-order chi connectivity index (χ0) is 14.0. The van der Waals surface area contributed by atoms with Crippen LogP contribution in [-0.4, -0.2) is 38.6 Å². The largest absolute Gasteiger partial charge is 0.394 e. The topological polar surface area (TPSA) is 111 Å². The lowest BCUT2D eigenvalue weighted by Crippen LogP contribution is -2.32. The van der Waals surface area contributed by atoms with Crippen LogP contribution in [0.2, 0.25) is 0 Å². The van der Waals surface area contributed by atoms with Crippen LogP contribution in [0.5, 0.6) is 0 Å². The third-order valence-electron chi connectivity index (χ3n) is 3.43. The van der Waals surface area contributed by atoms with E-state index in [4.69, 9.17) is 10.5 Å². The maximum atomic E-state index is 11.8. The molecule has 0 amide bonds. The van der Waals surface area contributed by atoms with E-state index in [1.807, 2.05) is 6.92 Å². The molecule has 1 aromatic rings. The molecule has 0 saturated carbocycles. The Kier molecular flexibility index (Phi) is 4.18. The zero-order valence-electron chi connectivity index (χ0n) is 10.8. The molecule has 0 spiro atoms. The summed E-state index contributed by atoms with van der Waals surface area (Å²) in [6.45, 7) is 1.70. The lowest BCUT2D eigenvalue weighted by Gasteiger charge is -2.21. The van der Waals surface area contributed by atoms with Crippen molar-refractivity contribution >= 4 is 5.82 Å². The van der Waals surface area contributed by atoms with Gasteiger partial charge in [0.2, 0.25) is 0 Å². The highest BCUT2D eigenvalue weighted by molar-refractivity contribution is 5.23. The van der Waals surface area contributed by atoms with Crippen molar-refractivity contribution in [1.82, 2.24) is 9.55 Å². The van der Waals surface area contributed by atoms with Crippen molar-refractivity contribution in [2.45, 2.75) is 38.2 Å². The molecule has 1 saturated heterocycles. The van der Waals surface area contributed by atoms with Gasteiger partial charge in [0.05, 0.1) is 12.7 Å². The molecular formula is C12H19N3O4. The van der Waals surface area contributed by atoms with Crippen LogP contribution in [0.25, 0.3) is 0 Å². The van der Waals surface area contributed by atoms with Gasteiger partial charge in [-0.25, -0.2) is 4.79 Å². The normalized spacial score (nSPS) is 30.7. The second-order valence-corrected chi connectivity index (χ2v) is 4.73. The average Bonchev–Trinajstić information content (AvgIpc) is 2.68. The van der Waals surface area contributed by atoms with Gasteiger partial charge >= 0.3 is 5.69 Å². The molecule has 2 heterocycles. The molecular weight excluding hydrogens is 250 g/mol. The first kappa shape index (κ1) is 14.0. The first-order valence-corrected chi connectivity index (χ1v) is 6.37. The molecule has 1 fully saturated rings. The molecule has 1 aliphatic rings. The summed E-state index contributed by atoms with van der Waals surface area (Å²) in [5, 5.41) is 19.3. The Morgan fingerprint density at radius 2 is 2.32 bits per heavy atom. The Hall–Kier alpha value is -1.44. The number of aliphatic hydroxyl groups excluding tert-OH is 2. The number of aromatic nitrogens is 2. The van der Waals surface area contributed by atoms with Gasteiger partial charge in [0, 0.05) is 12.1 Å². The Morgan fingerprint density at radius 1 is 1.58 bits per heavy atom. The minimum Gasteiger partial charge on any atom is -0.394 e. The average molecular weight is 269 g/mol. The van der Waals surface area contributed by atoms with Gasteiger partial charge in [0.25, 0.3) is 0 Å². The summed E-state index contributed by atoms with van der Waals surface area (Å²) in [7, 11) is 0. The van der Waals surface area contributed by atoms with E-state index < -0.39 is 24.1 Å². The number of hydrogen-bond donors (Lipinski definition) is 3. The number of rotatable bonds is 4. The molecule has 4 atom stereocenters. The smallest absolute Gasteiger partial charge is 0.351 e. The van der Waals surface area contributed by atoms with Gasteiger partial charge in [-0.15, -0.1) is 0 Å². The minimum absolute atomic E-state index is 0.144. The second-order valence-electron chi connectivity index (χ2n) is 4.73. The summed E-state index contributed by atoms with van der Waals surface area (Å²) in [6.07, 6.45) is 0.957. The van der Waals surface area contributed by atoms with Crippen molar-refractivity contribution in [1.29, 1.82) is 0 Å². The number of ether oxygens (including phenoxy) is 1. The Bertz CT molecular complexity index is 490. The maximum Gasteiger partial charge on any atom is 0.351 e. The van der Waals surface area contributed by atoms with Gasteiger partial charge in [0.1, 0.15) is 18.1 Å². The zero-order valence-corrected chi connectivity index (χ0v) is 10.8. The van der Waals surface area contributed by atoms with E-state index in [9.17, 15) is 15.0 Å². The molecule has 0 aromatic carbocycles. The van der Waals surface area contributed by atoms with Crippen LogP contribution in [0.4, 0.5) is 5.82 Å². The van der Waals surface area contributed by atoms with Crippen molar-refractivity contribution < 1.29 is 14.9 Å². The van der Waals surface area contributed by atoms with Crippen molar-refractivity contribution in [3.05, 3.63) is 22.7 Å². The fourth-order valence-corrected chi connectivity index (χ4v) is 2.49. The van der Waals surface area contributed by atoms with Crippen molar-refractivity contribution in [2.24, 2.45) is 5.92 Å². The molecule has 0 bridgehead atoms. The van der Waals surface area contributed by atoms with E-state index in [0.717, 1.165) is 6.42 Å². The molecule has 0 radical (unpaired) electrons. The molecule has 19 heavy (non-hydrogen) atoms. The number of aliphatic hydroxyl groups is 2. The Labute approximate surface area is 110 Å². The molecule has 2 rings (SSSR count). The van der Waals surface area contributed by atoms with Gasteiger partial charge in [-0.05, 0) is 12.5 Å². The summed E-state index contributed by atoms with van der Waals surface area (Å²) in [6, 6.07) is 1.51. The van der Waals surface area contributed by atoms with E-state index in [1.54, 1.807) is 0 Å². The number of nitrogen functional groups attached to an aromatic ring is 1. The van der Waals surface area contributed by atoms with Crippen LogP contribution in [0.15, 0.2) is 17.1 Å². The van der Waals surface area contributed by atoms with Gasteiger partial charge in [-0.3, -0.25) is 4.57 Å². The van der Waals surface area contributed by atoms with Crippen LogP contribution in [0, 0.1) is 5.92 Å². The van der Waals surface area contributed by atoms with Crippen molar-refractivity contribution in [3.63, 3.8) is 0 Å². The Morgan fingerprint density at radius 3 is 2.89 bits per heavy atom. The van der Waals surface area contributed by atoms with E-state index in [-0.39, 0.29) is 18.3 Å². The summed E-state index contributed by atoms with van der Waals surface area (Å²) in [5.41, 5.74) is 4.93. The summed E-state index contributed by atoms with van der Waals surface area (Å²) in [5.74, 6) is -0.101. The number of hydrogen-bond acceptors (Lipinski definition) is 6. The van der Waals surface area contributed by atoms with Crippen LogP contribution in [0.1, 0.15) is 26.0 Å². The van der Waals surface area contributed by atoms with Crippen LogP contribution >= 0.6 is 0 Å². The maximum absolute atomic E-state index is 11.8. The monoisotopic (exact) mass is 269 g/mol. The fraction of sp³-hybridized carbons (Fsp3) is 0.667. The van der Waals surface area contributed by atoms with Crippen molar-refractivity contribution in [2.75, 3.05) is 12.3 Å². The van der Waals surface area contributed by atoms with Gasteiger partial charge in [0.15, 0.2) is 0 Å². The van der Waals surface area contributed by atoms with Crippen molar-refractivity contribution in [3.8, 4) is 0 Å².